The first-order valence-electron chi connectivity index (χ1n) is 8.04. The fourth-order valence-electron chi connectivity index (χ4n) is 2.91. The summed E-state index contributed by atoms with van der Waals surface area (Å²) >= 11 is 1.61. The largest absolute Gasteiger partial charge is 0.281 e. The van der Waals surface area contributed by atoms with E-state index in [4.69, 9.17) is 0 Å². The van der Waals surface area contributed by atoms with Gasteiger partial charge in [-0.15, -0.1) is 11.3 Å². The van der Waals surface area contributed by atoms with Gasteiger partial charge in [0, 0.05) is 22.8 Å². The maximum Gasteiger partial charge on any atom is 0.281 e. The van der Waals surface area contributed by atoms with E-state index in [0.717, 1.165) is 34.9 Å². The number of hydrogen-bond acceptors (Lipinski definition) is 4. The van der Waals surface area contributed by atoms with Crippen molar-refractivity contribution in [2.75, 3.05) is 0 Å². The molecular weight excluding hydrogens is 306 g/mol. The topological polar surface area (TPSA) is 54.4 Å². The molecule has 0 fully saturated rings. The average Bonchev–Trinajstić information content (AvgIpc) is 3.03. The van der Waals surface area contributed by atoms with E-state index < -0.39 is 0 Å². The van der Waals surface area contributed by atoms with Crippen molar-refractivity contribution >= 4 is 23.0 Å². The summed E-state index contributed by atoms with van der Waals surface area (Å²) in [5, 5.41) is 4.20. The third-order valence-electron chi connectivity index (χ3n) is 4.41. The molecule has 3 rings (SSSR count). The zero-order chi connectivity index (χ0) is 16.2. The van der Waals surface area contributed by atoms with Crippen LogP contribution in [-0.2, 0) is 12.8 Å². The lowest BCUT2D eigenvalue weighted by Gasteiger charge is -2.19. The van der Waals surface area contributed by atoms with Crippen LogP contribution >= 0.6 is 11.3 Å². The van der Waals surface area contributed by atoms with Gasteiger partial charge in [-0.3, -0.25) is 9.78 Å². The maximum absolute atomic E-state index is 12.3. The van der Waals surface area contributed by atoms with Crippen molar-refractivity contribution in [3.05, 3.63) is 51.5 Å². The lowest BCUT2D eigenvalue weighted by atomic mass is 9.87. The van der Waals surface area contributed by atoms with E-state index in [1.807, 2.05) is 19.1 Å². The molecule has 2 heterocycles. The highest BCUT2D eigenvalue weighted by atomic mass is 32.1. The van der Waals surface area contributed by atoms with Gasteiger partial charge in [-0.2, -0.15) is 5.10 Å². The summed E-state index contributed by atoms with van der Waals surface area (Å²) in [6.45, 7) is 4.12. The van der Waals surface area contributed by atoms with Gasteiger partial charge in [0.15, 0.2) is 0 Å². The van der Waals surface area contributed by atoms with Crippen molar-refractivity contribution in [1.82, 2.24) is 10.4 Å². The third-order valence-corrected chi connectivity index (χ3v) is 5.65. The van der Waals surface area contributed by atoms with E-state index >= 15 is 0 Å². The molecule has 0 radical (unpaired) electrons. The summed E-state index contributed by atoms with van der Waals surface area (Å²) in [6, 6.07) is 5.80. The van der Waals surface area contributed by atoms with E-state index in [2.05, 4.69) is 28.5 Å². The van der Waals surface area contributed by atoms with Crippen LogP contribution in [0.25, 0.3) is 0 Å². The van der Waals surface area contributed by atoms with Crippen molar-refractivity contribution in [3.8, 4) is 0 Å². The van der Waals surface area contributed by atoms with Crippen molar-refractivity contribution in [2.24, 2.45) is 11.0 Å². The summed E-state index contributed by atoms with van der Waals surface area (Å²) in [5.74, 6) is 0.644. The number of thiophene rings is 1. The molecule has 5 heteroatoms. The molecule has 1 atom stereocenters. The van der Waals surface area contributed by atoms with E-state index in [9.17, 15) is 4.79 Å². The first-order valence-corrected chi connectivity index (χ1v) is 8.85. The van der Waals surface area contributed by atoms with Crippen LogP contribution in [-0.4, -0.2) is 16.6 Å². The summed E-state index contributed by atoms with van der Waals surface area (Å²) in [6.07, 6.45) is 8.10. The van der Waals surface area contributed by atoms with E-state index in [1.54, 1.807) is 23.7 Å². The standard InChI is InChI=1S/C18H21N3OS/c1-3-13-4-5-16-15(10-13)11-17(23-16)18(22)21-20-12(2)14-6-8-19-9-7-14/h6-9,11,13H,3-5,10H2,1-2H3,(H,21,22). The monoisotopic (exact) mass is 327 g/mol. The number of hydrazone groups is 1. The van der Waals surface area contributed by atoms with Gasteiger partial charge >= 0.3 is 0 Å². The fraction of sp³-hybridized carbons (Fsp3) is 0.389. The number of aromatic nitrogens is 1. The molecule has 1 N–H and O–H groups in total. The van der Waals surface area contributed by atoms with Gasteiger partial charge in [0.25, 0.3) is 5.91 Å². The number of carbonyl (C=O) groups is 1. The molecule has 1 aliphatic carbocycles. The Morgan fingerprint density at radius 1 is 1.43 bits per heavy atom. The molecule has 0 saturated heterocycles. The highest BCUT2D eigenvalue weighted by Gasteiger charge is 2.21. The molecule has 2 aromatic heterocycles. The minimum absolute atomic E-state index is 0.120. The third kappa shape index (κ3) is 3.67. The molecule has 0 saturated carbocycles. The predicted molar refractivity (Wildman–Crippen MR) is 94.0 cm³/mol. The van der Waals surface area contributed by atoms with E-state index in [1.165, 1.54) is 23.3 Å². The number of nitrogens with one attached hydrogen (secondary N) is 1. The van der Waals surface area contributed by atoms with Crippen molar-refractivity contribution < 1.29 is 4.79 Å². The Labute approximate surface area is 140 Å². The first-order chi connectivity index (χ1) is 11.2. The quantitative estimate of drug-likeness (QED) is 0.686. The van der Waals surface area contributed by atoms with Crippen molar-refractivity contribution in [1.29, 1.82) is 0 Å². The van der Waals surface area contributed by atoms with Gasteiger partial charge < -0.3 is 0 Å². The second-order valence-corrected chi connectivity index (χ2v) is 7.09. The Morgan fingerprint density at radius 2 is 2.22 bits per heavy atom. The lowest BCUT2D eigenvalue weighted by molar-refractivity contribution is 0.0959. The van der Waals surface area contributed by atoms with Crippen LogP contribution in [0.5, 0.6) is 0 Å². The zero-order valence-corrected chi connectivity index (χ0v) is 14.3. The minimum Gasteiger partial charge on any atom is -0.266 e. The average molecular weight is 327 g/mol. The van der Waals surface area contributed by atoms with Crippen LogP contribution in [0.3, 0.4) is 0 Å². The van der Waals surface area contributed by atoms with Crippen LogP contribution < -0.4 is 5.43 Å². The van der Waals surface area contributed by atoms with Crippen molar-refractivity contribution in [3.63, 3.8) is 0 Å². The van der Waals surface area contributed by atoms with Crippen LogP contribution in [0.4, 0.5) is 0 Å². The fourth-order valence-corrected chi connectivity index (χ4v) is 4.01. The van der Waals surface area contributed by atoms with Crippen LogP contribution in [0.2, 0.25) is 0 Å². The Morgan fingerprint density at radius 3 is 2.96 bits per heavy atom. The molecule has 23 heavy (non-hydrogen) atoms. The predicted octanol–water partition coefficient (Wildman–Crippen LogP) is 3.81. The summed E-state index contributed by atoms with van der Waals surface area (Å²) in [4.78, 5) is 18.4. The summed E-state index contributed by atoms with van der Waals surface area (Å²) in [7, 11) is 0. The second kappa shape index (κ2) is 7.04. The number of fused-ring (bicyclic) bond motifs is 1. The SMILES string of the molecule is CCC1CCc2sc(C(=O)NN=C(C)c3ccncc3)cc2C1. The van der Waals surface area contributed by atoms with E-state index in [-0.39, 0.29) is 5.91 Å². The molecule has 4 nitrogen and oxygen atoms in total. The molecular formula is C18H21N3OS. The molecule has 0 aliphatic heterocycles. The summed E-state index contributed by atoms with van der Waals surface area (Å²) < 4.78 is 0. The van der Waals surface area contributed by atoms with Gasteiger partial charge in [-0.05, 0) is 55.9 Å². The molecule has 1 amide bonds. The van der Waals surface area contributed by atoms with Crippen LogP contribution in [0.1, 0.15) is 52.4 Å². The van der Waals surface area contributed by atoms with Gasteiger partial charge in [0.2, 0.25) is 0 Å². The first kappa shape index (κ1) is 15.9. The molecule has 2 aromatic rings. The van der Waals surface area contributed by atoms with Gasteiger partial charge in [0.1, 0.15) is 0 Å². The van der Waals surface area contributed by atoms with Gasteiger partial charge in [-0.1, -0.05) is 13.3 Å². The number of nitrogens with zero attached hydrogens (tertiary/aromatic N) is 2. The molecule has 120 valence electrons. The lowest BCUT2D eigenvalue weighted by Crippen LogP contribution is -2.18. The van der Waals surface area contributed by atoms with Crippen LogP contribution in [0.15, 0.2) is 35.7 Å². The van der Waals surface area contributed by atoms with Crippen LogP contribution in [0, 0.1) is 5.92 Å². The molecule has 0 bridgehead atoms. The number of carbonyl (C=O) groups excluding carboxylic acids is 1. The Bertz CT molecular complexity index is 721. The zero-order valence-electron chi connectivity index (χ0n) is 13.5. The minimum atomic E-state index is -0.120. The second-order valence-electron chi connectivity index (χ2n) is 5.95. The number of rotatable bonds is 4. The summed E-state index contributed by atoms with van der Waals surface area (Å²) in [5.41, 5.74) is 5.75. The smallest absolute Gasteiger partial charge is 0.266 e. The molecule has 0 spiro atoms. The molecule has 1 aliphatic rings. The van der Waals surface area contributed by atoms with Gasteiger partial charge in [-0.25, -0.2) is 5.43 Å². The number of pyridine rings is 1. The highest BCUT2D eigenvalue weighted by Crippen LogP contribution is 2.33. The normalized spacial score (nSPS) is 17.7. The molecule has 0 aromatic carbocycles. The number of aryl methyl sites for hydroxylation is 1. The number of hydrogen-bond donors (Lipinski definition) is 1. The maximum atomic E-state index is 12.3. The number of amides is 1. The van der Waals surface area contributed by atoms with Gasteiger partial charge in [0.05, 0.1) is 10.6 Å². The Balaban J connectivity index is 1.69. The highest BCUT2D eigenvalue weighted by molar-refractivity contribution is 7.14. The molecule has 1 unspecified atom stereocenters. The Hall–Kier alpha value is -2.01. The van der Waals surface area contributed by atoms with E-state index in [0.29, 0.717) is 0 Å². The Kier molecular flexibility index (Phi) is 4.86. The van der Waals surface area contributed by atoms with Crippen molar-refractivity contribution in [2.45, 2.75) is 39.5 Å².